The molecule has 1 aromatic rings. The van der Waals surface area contributed by atoms with Crippen molar-refractivity contribution in [2.45, 2.75) is 40.5 Å². The van der Waals surface area contributed by atoms with Gasteiger partial charge in [-0.2, -0.15) is 0 Å². The molecule has 0 saturated heterocycles. The number of hydrogen-bond acceptors (Lipinski definition) is 1. The lowest BCUT2D eigenvalue weighted by Gasteiger charge is -2.08. The minimum absolute atomic E-state index is 0.178. The molecule has 0 radical (unpaired) electrons. The first-order valence-electron chi connectivity index (χ1n) is 5.82. The monoisotopic (exact) mass is 262 g/mol. The molecule has 4 heteroatoms. The first-order valence-corrected chi connectivity index (χ1v) is 5.82. The maximum Gasteiger partial charge on any atom is 0.573 e. The number of rotatable bonds is 2. The van der Waals surface area contributed by atoms with E-state index in [0.29, 0.717) is 0 Å². The number of benzene rings is 1. The minimum atomic E-state index is -4.60. The fraction of sp³-hybridized carbons (Fsp3) is 0.429. The van der Waals surface area contributed by atoms with Gasteiger partial charge in [0.1, 0.15) is 5.75 Å². The molecule has 0 saturated carbocycles. The van der Waals surface area contributed by atoms with Gasteiger partial charge < -0.3 is 4.74 Å². The molecule has 0 heterocycles. The molecular weight excluding hydrogens is 241 g/mol. The topological polar surface area (TPSA) is 9.23 Å². The summed E-state index contributed by atoms with van der Waals surface area (Å²) >= 11 is 0. The average Bonchev–Trinajstić information content (AvgIpc) is 2.30. The van der Waals surface area contributed by atoms with Crippen LogP contribution in [0.2, 0.25) is 0 Å². The highest BCUT2D eigenvalue weighted by molar-refractivity contribution is 5.27. The Morgan fingerprint density at radius 2 is 1.78 bits per heavy atom. The van der Waals surface area contributed by atoms with Crippen LogP contribution in [0.4, 0.5) is 13.2 Å². The molecule has 0 unspecified atom stereocenters. The van der Waals surface area contributed by atoms with E-state index in [1.165, 1.54) is 18.2 Å². The molecule has 1 nitrogen and oxygen atoms in total. The third-order valence-electron chi connectivity index (χ3n) is 1.51. The molecule has 0 spiro atoms. The molecule has 0 N–H and O–H groups in total. The molecule has 104 valence electrons. The lowest BCUT2D eigenvalue weighted by atomic mass is 10.2. The van der Waals surface area contributed by atoms with Crippen molar-refractivity contribution < 1.29 is 17.9 Å². The maximum atomic E-state index is 11.7. The quantitative estimate of drug-likeness (QED) is 0.639. The van der Waals surface area contributed by atoms with Crippen LogP contribution in [0.25, 0.3) is 0 Å². The summed E-state index contributed by atoms with van der Waals surface area (Å²) in [7, 11) is 0. The van der Waals surface area contributed by atoms with Crippen LogP contribution in [0.3, 0.4) is 0 Å². The summed E-state index contributed by atoms with van der Waals surface area (Å²) in [6, 6.07) is 5.80. The molecule has 0 aliphatic rings. The summed E-state index contributed by atoms with van der Waals surface area (Å²) < 4.78 is 38.6. The zero-order valence-corrected chi connectivity index (χ0v) is 11.3. The molecule has 1 rings (SSSR count). The van der Waals surface area contributed by atoms with E-state index in [4.69, 9.17) is 0 Å². The van der Waals surface area contributed by atoms with Crippen molar-refractivity contribution in [3.8, 4) is 5.75 Å². The SMILES string of the molecule is C=CCC.CC.Cc1cccc(OC(F)(F)F)c1. The second kappa shape index (κ2) is 10.7. The largest absolute Gasteiger partial charge is 0.573 e. The van der Waals surface area contributed by atoms with E-state index in [1.807, 2.05) is 19.9 Å². The Kier molecular flexibility index (Phi) is 11.2. The van der Waals surface area contributed by atoms with Crippen molar-refractivity contribution in [2.75, 3.05) is 0 Å². The summed E-state index contributed by atoms with van der Waals surface area (Å²) in [4.78, 5) is 0. The van der Waals surface area contributed by atoms with Crippen LogP contribution < -0.4 is 4.74 Å². The van der Waals surface area contributed by atoms with Gasteiger partial charge in [-0.25, -0.2) is 0 Å². The van der Waals surface area contributed by atoms with Gasteiger partial charge in [-0.1, -0.05) is 39.0 Å². The van der Waals surface area contributed by atoms with Crippen LogP contribution in [-0.4, -0.2) is 6.36 Å². The molecule has 0 fully saturated rings. The van der Waals surface area contributed by atoms with E-state index in [1.54, 1.807) is 13.0 Å². The van der Waals surface area contributed by atoms with E-state index in [9.17, 15) is 13.2 Å². The number of hydrogen-bond donors (Lipinski definition) is 0. The Labute approximate surface area is 107 Å². The van der Waals surface area contributed by atoms with Crippen LogP contribution in [0, 0.1) is 6.92 Å². The van der Waals surface area contributed by atoms with Gasteiger partial charge in [0.15, 0.2) is 0 Å². The molecule has 0 aliphatic carbocycles. The predicted molar refractivity (Wildman–Crippen MR) is 69.7 cm³/mol. The Balaban J connectivity index is 0. The van der Waals surface area contributed by atoms with E-state index in [0.717, 1.165) is 12.0 Å². The van der Waals surface area contributed by atoms with E-state index in [-0.39, 0.29) is 5.75 Å². The van der Waals surface area contributed by atoms with Crippen molar-refractivity contribution in [3.05, 3.63) is 42.5 Å². The number of ether oxygens (including phenoxy) is 1. The van der Waals surface area contributed by atoms with Crippen molar-refractivity contribution in [2.24, 2.45) is 0 Å². The lowest BCUT2D eigenvalue weighted by Crippen LogP contribution is -2.17. The molecule has 18 heavy (non-hydrogen) atoms. The summed E-state index contributed by atoms with van der Waals surface area (Å²) in [6.07, 6.45) is -1.65. The first-order chi connectivity index (χ1) is 8.39. The third-order valence-corrected chi connectivity index (χ3v) is 1.51. The van der Waals surface area contributed by atoms with Crippen molar-refractivity contribution in [3.63, 3.8) is 0 Å². The van der Waals surface area contributed by atoms with Crippen LogP contribution in [0.5, 0.6) is 5.75 Å². The van der Waals surface area contributed by atoms with Gasteiger partial charge in [0.05, 0.1) is 0 Å². The Hall–Kier alpha value is -1.45. The molecule has 0 aromatic heterocycles. The summed E-state index contributed by atoms with van der Waals surface area (Å²) in [5, 5.41) is 0. The highest BCUT2D eigenvalue weighted by atomic mass is 19.4. The summed E-state index contributed by atoms with van der Waals surface area (Å²) in [5.74, 6) is -0.178. The second-order valence-corrected chi connectivity index (χ2v) is 3.06. The lowest BCUT2D eigenvalue weighted by molar-refractivity contribution is -0.274. The zero-order chi connectivity index (χ0) is 14.6. The fourth-order valence-corrected chi connectivity index (χ4v) is 0.812. The molecule has 0 amide bonds. The Bertz CT molecular complexity index is 319. The van der Waals surface area contributed by atoms with Crippen LogP contribution in [0.15, 0.2) is 36.9 Å². The highest BCUT2D eigenvalue weighted by Crippen LogP contribution is 2.22. The van der Waals surface area contributed by atoms with Gasteiger partial charge in [0, 0.05) is 0 Å². The maximum absolute atomic E-state index is 11.7. The molecule has 0 aliphatic heterocycles. The van der Waals surface area contributed by atoms with Gasteiger partial charge in [-0.05, 0) is 31.0 Å². The fourth-order valence-electron chi connectivity index (χ4n) is 0.812. The van der Waals surface area contributed by atoms with E-state index >= 15 is 0 Å². The van der Waals surface area contributed by atoms with Crippen LogP contribution >= 0.6 is 0 Å². The molecule has 1 aromatic carbocycles. The van der Waals surface area contributed by atoms with Gasteiger partial charge in [-0.3, -0.25) is 0 Å². The van der Waals surface area contributed by atoms with Gasteiger partial charge in [-0.15, -0.1) is 19.8 Å². The normalized spacial score (nSPS) is 9.28. The first kappa shape index (κ1) is 18.9. The average molecular weight is 262 g/mol. The second-order valence-electron chi connectivity index (χ2n) is 3.06. The van der Waals surface area contributed by atoms with E-state index < -0.39 is 6.36 Å². The number of allylic oxidation sites excluding steroid dienone is 1. The predicted octanol–water partition coefficient (Wildman–Crippen LogP) is 5.50. The zero-order valence-electron chi connectivity index (χ0n) is 11.3. The van der Waals surface area contributed by atoms with Crippen molar-refractivity contribution in [1.29, 1.82) is 0 Å². The molecule has 0 bridgehead atoms. The standard InChI is InChI=1S/C8H7F3O.C4H8.C2H6/c1-6-3-2-4-7(5-6)12-8(9,10)11;1-3-4-2;1-2/h2-5H,1H3;3H,1,4H2,2H3;1-2H3. The number of aryl methyl sites for hydroxylation is 1. The summed E-state index contributed by atoms with van der Waals surface area (Å²) in [5.41, 5.74) is 0.733. The smallest absolute Gasteiger partial charge is 0.406 e. The minimum Gasteiger partial charge on any atom is -0.406 e. The van der Waals surface area contributed by atoms with Crippen LogP contribution in [0.1, 0.15) is 32.8 Å². The van der Waals surface area contributed by atoms with Crippen LogP contribution in [-0.2, 0) is 0 Å². The van der Waals surface area contributed by atoms with Crippen molar-refractivity contribution in [1.82, 2.24) is 0 Å². The molecule has 0 atom stereocenters. The van der Waals surface area contributed by atoms with Gasteiger partial charge >= 0.3 is 6.36 Å². The Morgan fingerprint density at radius 3 is 2.11 bits per heavy atom. The van der Waals surface area contributed by atoms with Gasteiger partial charge in [0.25, 0.3) is 0 Å². The highest BCUT2D eigenvalue weighted by Gasteiger charge is 2.30. The number of alkyl halides is 3. The van der Waals surface area contributed by atoms with Crippen molar-refractivity contribution >= 4 is 0 Å². The van der Waals surface area contributed by atoms with E-state index in [2.05, 4.69) is 18.2 Å². The summed E-state index contributed by atoms with van der Waals surface area (Å²) in [6.45, 7) is 11.2. The number of halogens is 3. The third kappa shape index (κ3) is 12.6. The molecular formula is C14H21F3O. The van der Waals surface area contributed by atoms with Gasteiger partial charge in [0.2, 0.25) is 0 Å². The Morgan fingerprint density at radius 1 is 1.28 bits per heavy atom.